The van der Waals surface area contributed by atoms with E-state index < -0.39 is 0 Å². The molecule has 4 nitrogen and oxygen atoms in total. The number of para-hydroxylation sites is 5. The maximum Gasteiger partial charge on any atom is 0.136 e. The number of hydrogen-bond donors (Lipinski definition) is 0. The van der Waals surface area contributed by atoms with Crippen molar-refractivity contribution in [3.63, 3.8) is 0 Å². The van der Waals surface area contributed by atoms with Crippen LogP contribution in [0, 0.1) is 0 Å². The second kappa shape index (κ2) is 13.1. The number of fused-ring (bicyclic) bond motifs is 15. The topological polar surface area (TPSA) is 27.9 Å². The first-order chi connectivity index (χ1) is 32.2. The summed E-state index contributed by atoms with van der Waals surface area (Å²) in [6.45, 7) is 0. The Morgan fingerprint density at radius 3 is 1.28 bits per heavy atom. The third kappa shape index (κ3) is 4.85. The molecule has 0 unspecified atom stereocenters. The van der Waals surface area contributed by atoms with Crippen LogP contribution < -0.4 is 0 Å². The molecule has 0 aliphatic heterocycles. The Morgan fingerprint density at radius 1 is 0.292 bits per heavy atom. The lowest BCUT2D eigenvalue weighted by Gasteiger charge is -2.11. The fraction of sp³-hybridized carbons (Fsp3) is 0. The molecule has 0 aliphatic carbocycles. The quantitative estimate of drug-likeness (QED) is 0.173. The van der Waals surface area contributed by atoms with Crippen LogP contribution in [0.2, 0.25) is 0 Å². The minimum absolute atomic E-state index is 0.915. The fourth-order valence-electron chi connectivity index (χ4n) is 11.1. The van der Waals surface area contributed by atoms with E-state index in [9.17, 15) is 0 Å². The van der Waals surface area contributed by atoms with Crippen molar-refractivity contribution in [1.82, 2.24) is 13.7 Å². The van der Waals surface area contributed by atoms with Gasteiger partial charge in [-0.25, -0.2) is 0 Å². The van der Waals surface area contributed by atoms with Gasteiger partial charge in [-0.2, -0.15) is 0 Å². The SMILES string of the molecule is c1ccc2c(c1)oc1cccc(-c3cccc4c3sc3ccc(-n5c6ccc(-n7c8ccccc8c8ccccc87)cc6c6cc(-n7c8ccccc8c8ccccc87)ccc65)cc34)c12. The van der Waals surface area contributed by atoms with E-state index in [1.807, 2.05) is 17.4 Å². The molecule has 5 heteroatoms. The molecule has 10 aromatic carbocycles. The van der Waals surface area contributed by atoms with Gasteiger partial charge >= 0.3 is 0 Å². The van der Waals surface area contributed by atoms with Crippen LogP contribution in [0.15, 0.2) is 217 Å². The summed E-state index contributed by atoms with van der Waals surface area (Å²) in [6.07, 6.45) is 0. The van der Waals surface area contributed by atoms with Gasteiger partial charge in [0.15, 0.2) is 0 Å². The van der Waals surface area contributed by atoms with Gasteiger partial charge in [-0.1, -0.05) is 121 Å². The Kier molecular flexibility index (Phi) is 7.07. The van der Waals surface area contributed by atoms with Crippen LogP contribution in [-0.4, -0.2) is 13.7 Å². The van der Waals surface area contributed by atoms with Crippen LogP contribution in [-0.2, 0) is 0 Å². The lowest BCUT2D eigenvalue weighted by molar-refractivity contribution is 0.669. The predicted octanol–water partition coefficient (Wildman–Crippen LogP) is 16.9. The molecule has 0 spiro atoms. The molecule has 302 valence electrons. The first-order valence-electron chi connectivity index (χ1n) is 22.2. The summed E-state index contributed by atoms with van der Waals surface area (Å²) in [4.78, 5) is 0. The van der Waals surface area contributed by atoms with E-state index in [2.05, 4.69) is 220 Å². The average Bonchev–Trinajstić information content (AvgIpc) is 4.17. The molecular formula is C60H35N3OS. The summed E-state index contributed by atoms with van der Waals surface area (Å²) in [6, 6.07) is 77.8. The van der Waals surface area contributed by atoms with Crippen molar-refractivity contribution in [2.45, 2.75) is 0 Å². The zero-order chi connectivity index (χ0) is 42.3. The van der Waals surface area contributed by atoms with Crippen molar-refractivity contribution in [3.8, 4) is 28.2 Å². The van der Waals surface area contributed by atoms with Gasteiger partial charge in [0.05, 0.1) is 33.1 Å². The summed E-state index contributed by atoms with van der Waals surface area (Å²) in [5.41, 5.74) is 14.8. The van der Waals surface area contributed by atoms with Gasteiger partial charge in [0, 0.05) is 85.9 Å². The monoisotopic (exact) mass is 845 g/mol. The molecule has 0 amide bonds. The zero-order valence-corrected chi connectivity index (χ0v) is 35.7. The second-order valence-electron chi connectivity index (χ2n) is 17.2. The number of aromatic nitrogens is 3. The van der Waals surface area contributed by atoms with E-state index in [4.69, 9.17) is 4.42 Å². The number of thiophene rings is 1. The Balaban J connectivity index is 0.984. The predicted molar refractivity (Wildman–Crippen MR) is 275 cm³/mol. The lowest BCUT2D eigenvalue weighted by Crippen LogP contribution is -1.96. The average molecular weight is 846 g/mol. The van der Waals surface area contributed by atoms with E-state index in [0.29, 0.717) is 0 Å². The van der Waals surface area contributed by atoms with Crippen molar-refractivity contribution in [2.24, 2.45) is 0 Å². The summed E-state index contributed by atoms with van der Waals surface area (Å²) < 4.78 is 16.2. The van der Waals surface area contributed by atoms with E-state index in [-0.39, 0.29) is 0 Å². The summed E-state index contributed by atoms with van der Waals surface area (Å²) in [5.74, 6) is 0. The molecule has 15 rings (SSSR count). The molecule has 0 bridgehead atoms. The lowest BCUT2D eigenvalue weighted by atomic mass is 9.98. The molecule has 5 aromatic heterocycles. The normalized spacial score (nSPS) is 12.3. The molecule has 15 aromatic rings. The third-order valence-electron chi connectivity index (χ3n) is 13.8. The Labute approximate surface area is 375 Å². The van der Waals surface area contributed by atoms with Crippen LogP contribution in [0.3, 0.4) is 0 Å². The summed E-state index contributed by atoms with van der Waals surface area (Å²) in [5, 5.41) is 12.3. The standard InChI is InChI=1S/C60H35N3OS/c1-6-21-50-39(13-1)40-14-2-7-22-51(40)61(50)36-27-30-54-47(33-36)48-34-37(62-52-23-8-3-15-41(52)42-16-4-9-24-53(42)62)28-31-55(48)63(54)38-29-32-58-49(35-38)45-20-11-19-44(60(45)65-58)43-18-12-26-57-59(43)46-17-5-10-25-56(46)64-57/h1-35H. The van der Waals surface area contributed by atoms with Crippen molar-refractivity contribution >= 4 is 119 Å². The van der Waals surface area contributed by atoms with Crippen molar-refractivity contribution in [3.05, 3.63) is 212 Å². The van der Waals surface area contributed by atoms with Gasteiger partial charge in [0.1, 0.15) is 11.2 Å². The number of hydrogen-bond acceptors (Lipinski definition) is 2. The van der Waals surface area contributed by atoms with E-state index in [1.54, 1.807) is 0 Å². The Morgan fingerprint density at radius 2 is 0.708 bits per heavy atom. The molecule has 65 heavy (non-hydrogen) atoms. The molecule has 0 atom stereocenters. The largest absolute Gasteiger partial charge is 0.456 e. The van der Waals surface area contributed by atoms with Crippen molar-refractivity contribution < 1.29 is 4.42 Å². The molecular weight excluding hydrogens is 811 g/mol. The van der Waals surface area contributed by atoms with Crippen LogP contribution in [0.1, 0.15) is 0 Å². The zero-order valence-electron chi connectivity index (χ0n) is 34.9. The summed E-state index contributed by atoms with van der Waals surface area (Å²) in [7, 11) is 0. The number of furan rings is 1. The molecule has 0 radical (unpaired) electrons. The molecule has 0 fully saturated rings. The smallest absolute Gasteiger partial charge is 0.136 e. The van der Waals surface area contributed by atoms with E-state index >= 15 is 0 Å². The van der Waals surface area contributed by atoms with Gasteiger partial charge in [0.25, 0.3) is 0 Å². The minimum Gasteiger partial charge on any atom is -0.456 e. The highest BCUT2D eigenvalue weighted by atomic mass is 32.1. The molecule has 0 N–H and O–H groups in total. The van der Waals surface area contributed by atoms with Gasteiger partial charge in [-0.05, 0) is 96.6 Å². The minimum atomic E-state index is 0.915. The van der Waals surface area contributed by atoms with Crippen molar-refractivity contribution in [1.29, 1.82) is 0 Å². The maximum atomic E-state index is 6.34. The highest BCUT2D eigenvalue weighted by Gasteiger charge is 2.21. The highest BCUT2D eigenvalue weighted by Crippen LogP contribution is 2.46. The van der Waals surface area contributed by atoms with E-state index in [1.165, 1.54) is 102 Å². The van der Waals surface area contributed by atoms with E-state index in [0.717, 1.165) is 33.6 Å². The molecule has 0 saturated carbocycles. The first-order valence-corrected chi connectivity index (χ1v) is 23.0. The van der Waals surface area contributed by atoms with Gasteiger partial charge in [0.2, 0.25) is 0 Å². The summed E-state index contributed by atoms with van der Waals surface area (Å²) >= 11 is 1.87. The maximum absolute atomic E-state index is 6.34. The number of nitrogens with zero attached hydrogens (tertiary/aromatic N) is 3. The second-order valence-corrected chi connectivity index (χ2v) is 18.3. The molecule has 5 heterocycles. The van der Waals surface area contributed by atoms with Gasteiger partial charge in [-0.15, -0.1) is 11.3 Å². The van der Waals surface area contributed by atoms with Gasteiger partial charge < -0.3 is 18.1 Å². The van der Waals surface area contributed by atoms with Crippen LogP contribution in [0.25, 0.3) is 136 Å². The Hall–Kier alpha value is -8.38. The van der Waals surface area contributed by atoms with Crippen molar-refractivity contribution in [2.75, 3.05) is 0 Å². The highest BCUT2D eigenvalue weighted by molar-refractivity contribution is 7.26. The third-order valence-corrected chi connectivity index (χ3v) is 15.1. The number of benzene rings is 10. The van der Waals surface area contributed by atoms with Crippen LogP contribution >= 0.6 is 11.3 Å². The molecule has 0 aliphatic rings. The number of rotatable bonds is 4. The first kappa shape index (κ1) is 35.1. The molecule has 0 saturated heterocycles. The van der Waals surface area contributed by atoms with Crippen LogP contribution in [0.4, 0.5) is 0 Å². The van der Waals surface area contributed by atoms with Crippen LogP contribution in [0.5, 0.6) is 0 Å². The van der Waals surface area contributed by atoms with Gasteiger partial charge in [-0.3, -0.25) is 0 Å². The fourth-order valence-corrected chi connectivity index (χ4v) is 12.3. The Bertz CT molecular complexity index is 4220.